The highest BCUT2D eigenvalue weighted by Gasteiger charge is 2.02. The molecule has 0 atom stereocenters. The predicted molar refractivity (Wildman–Crippen MR) is 115 cm³/mol. The number of carboxylic acids is 1. The summed E-state index contributed by atoms with van der Waals surface area (Å²) in [6.07, 6.45) is 16.7. The fourth-order valence-electron chi connectivity index (χ4n) is 2.82. The van der Waals surface area contributed by atoms with Gasteiger partial charge in [0.2, 0.25) is 5.91 Å². The smallest absolute Gasteiger partial charge is 0.303 e. The maximum atomic E-state index is 11.6. The highest BCUT2D eigenvalue weighted by Crippen LogP contribution is 2.11. The number of rotatable bonds is 18. The molecule has 1 amide bonds. The fraction of sp³-hybridized carbons (Fsp3) is 0.727. The molecule has 0 aliphatic heterocycles. The van der Waals surface area contributed by atoms with Crippen molar-refractivity contribution in [3.63, 3.8) is 0 Å². The van der Waals surface area contributed by atoms with Crippen molar-refractivity contribution in [2.45, 2.75) is 96.8 Å². The summed E-state index contributed by atoms with van der Waals surface area (Å²) in [6.45, 7) is 2.63. The molecule has 0 aliphatic rings. The van der Waals surface area contributed by atoms with E-state index >= 15 is 0 Å². The van der Waals surface area contributed by atoms with Crippen molar-refractivity contribution < 1.29 is 14.7 Å². The summed E-state index contributed by atoms with van der Waals surface area (Å²) < 4.78 is 0. The number of hydrogen-bond donors (Lipinski definition) is 4. The second-order valence-corrected chi connectivity index (χ2v) is 7.37. The molecule has 0 spiro atoms. The van der Waals surface area contributed by atoms with Gasteiger partial charge in [-0.1, -0.05) is 51.2 Å². The number of nitrogens with one attached hydrogen (secondary N) is 1. The average molecular weight is 396 g/mol. The lowest BCUT2D eigenvalue weighted by Crippen LogP contribution is -2.24. The average Bonchev–Trinajstić information content (AvgIpc) is 2.66. The summed E-state index contributed by atoms with van der Waals surface area (Å²) >= 11 is 0. The Kier molecular flexibility index (Phi) is 17.1. The fourth-order valence-corrected chi connectivity index (χ4v) is 2.82. The van der Waals surface area contributed by atoms with Crippen molar-refractivity contribution in [1.29, 1.82) is 0 Å². The second-order valence-electron chi connectivity index (χ2n) is 7.37. The first-order valence-corrected chi connectivity index (χ1v) is 10.8. The molecule has 0 aromatic rings. The molecular weight excluding hydrogens is 354 g/mol. The van der Waals surface area contributed by atoms with Gasteiger partial charge in [-0.15, -0.1) is 0 Å². The SMILES string of the molecule is CCCCC/C=C(/N)C/C=C(/N)CCCCCCCC(=O)NCCCC(=O)O. The molecule has 6 nitrogen and oxygen atoms in total. The summed E-state index contributed by atoms with van der Waals surface area (Å²) in [4.78, 5) is 22.0. The second kappa shape index (κ2) is 18.4. The van der Waals surface area contributed by atoms with Crippen LogP contribution in [0.25, 0.3) is 0 Å². The summed E-state index contributed by atoms with van der Waals surface area (Å²) in [5.41, 5.74) is 13.8. The van der Waals surface area contributed by atoms with Crippen LogP contribution in [-0.2, 0) is 9.59 Å². The summed E-state index contributed by atoms with van der Waals surface area (Å²) in [5.74, 6) is -0.815. The predicted octanol–water partition coefficient (Wildman–Crippen LogP) is 4.35. The van der Waals surface area contributed by atoms with Crippen LogP contribution in [0.4, 0.5) is 0 Å². The van der Waals surface area contributed by atoms with Gasteiger partial charge >= 0.3 is 5.97 Å². The number of aliphatic carboxylic acids is 1. The molecule has 0 saturated carbocycles. The van der Waals surface area contributed by atoms with Gasteiger partial charge in [0.15, 0.2) is 0 Å². The lowest BCUT2D eigenvalue weighted by atomic mass is 10.1. The molecule has 0 rings (SSSR count). The Morgan fingerprint density at radius 1 is 0.821 bits per heavy atom. The van der Waals surface area contributed by atoms with Crippen LogP contribution >= 0.6 is 0 Å². The van der Waals surface area contributed by atoms with Crippen molar-refractivity contribution in [3.05, 3.63) is 23.5 Å². The number of amides is 1. The van der Waals surface area contributed by atoms with Crippen molar-refractivity contribution in [1.82, 2.24) is 5.32 Å². The molecule has 0 radical (unpaired) electrons. The van der Waals surface area contributed by atoms with Crippen molar-refractivity contribution in [3.8, 4) is 0 Å². The zero-order valence-electron chi connectivity index (χ0n) is 17.7. The largest absolute Gasteiger partial charge is 0.481 e. The number of hydrogen-bond acceptors (Lipinski definition) is 4. The first-order valence-electron chi connectivity index (χ1n) is 10.8. The Hall–Kier alpha value is -1.98. The van der Waals surface area contributed by atoms with Crippen LogP contribution in [0.1, 0.15) is 96.8 Å². The van der Waals surface area contributed by atoms with Crippen LogP contribution in [0.3, 0.4) is 0 Å². The van der Waals surface area contributed by atoms with E-state index in [1.54, 1.807) is 0 Å². The Balaban J connectivity index is 3.58. The van der Waals surface area contributed by atoms with Gasteiger partial charge in [-0.2, -0.15) is 0 Å². The maximum Gasteiger partial charge on any atom is 0.303 e. The quantitative estimate of drug-likeness (QED) is 0.257. The molecule has 0 aromatic heterocycles. The van der Waals surface area contributed by atoms with E-state index in [1.165, 1.54) is 19.3 Å². The van der Waals surface area contributed by atoms with Crippen molar-refractivity contribution >= 4 is 11.9 Å². The number of nitrogens with two attached hydrogens (primary N) is 2. The standard InChI is InChI=1S/C22H41N3O3/c1-2-3-4-8-12-19(23)16-17-20(24)13-9-6-5-7-10-14-21(26)25-18-11-15-22(27)28/h12,17H,2-11,13-16,18,23-24H2,1H3,(H,25,26)(H,27,28)/b19-12+,20-17+. The van der Waals surface area contributed by atoms with E-state index in [0.29, 0.717) is 19.4 Å². The Morgan fingerprint density at radius 3 is 2.18 bits per heavy atom. The van der Waals surface area contributed by atoms with Gasteiger partial charge in [0.05, 0.1) is 0 Å². The molecular formula is C22H41N3O3. The van der Waals surface area contributed by atoms with Gasteiger partial charge in [0, 0.05) is 37.2 Å². The number of carboxylic acid groups (broad SMARTS) is 1. The lowest BCUT2D eigenvalue weighted by Gasteiger charge is -2.05. The number of allylic oxidation sites excluding steroid dienone is 3. The molecule has 0 unspecified atom stereocenters. The van der Waals surface area contributed by atoms with E-state index in [9.17, 15) is 9.59 Å². The van der Waals surface area contributed by atoms with E-state index < -0.39 is 5.97 Å². The molecule has 6 heteroatoms. The normalized spacial score (nSPS) is 12.2. The van der Waals surface area contributed by atoms with Gasteiger partial charge in [-0.3, -0.25) is 9.59 Å². The monoisotopic (exact) mass is 395 g/mol. The molecule has 0 heterocycles. The third kappa shape index (κ3) is 18.8. The Labute approximate surface area is 170 Å². The first-order chi connectivity index (χ1) is 13.5. The van der Waals surface area contributed by atoms with Crippen molar-refractivity contribution in [2.75, 3.05) is 6.54 Å². The van der Waals surface area contributed by atoms with Gasteiger partial charge in [0.1, 0.15) is 0 Å². The van der Waals surface area contributed by atoms with E-state index in [2.05, 4.69) is 18.3 Å². The van der Waals surface area contributed by atoms with E-state index in [1.807, 2.05) is 6.08 Å². The van der Waals surface area contributed by atoms with Gasteiger partial charge in [-0.05, 0) is 38.5 Å². The van der Waals surface area contributed by atoms with Crippen LogP contribution in [0, 0.1) is 0 Å². The third-order valence-electron chi connectivity index (χ3n) is 4.57. The summed E-state index contributed by atoms with van der Waals surface area (Å²) in [7, 11) is 0. The van der Waals surface area contributed by atoms with Crippen LogP contribution in [-0.4, -0.2) is 23.5 Å². The van der Waals surface area contributed by atoms with Crippen LogP contribution < -0.4 is 16.8 Å². The maximum absolute atomic E-state index is 11.6. The molecule has 0 bridgehead atoms. The highest BCUT2D eigenvalue weighted by atomic mass is 16.4. The molecule has 6 N–H and O–H groups in total. The van der Waals surface area contributed by atoms with Crippen LogP contribution in [0.5, 0.6) is 0 Å². The summed E-state index contributed by atoms with van der Waals surface area (Å²) in [5, 5.41) is 11.3. The van der Waals surface area contributed by atoms with Gasteiger partial charge in [-0.25, -0.2) is 0 Å². The first kappa shape index (κ1) is 26.0. The minimum absolute atomic E-state index is 0.0119. The zero-order valence-corrected chi connectivity index (χ0v) is 17.7. The highest BCUT2D eigenvalue weighted by molar-refractivity contribution is 5.75. The van der Waals surface area contributed by atoms with Crippen LogP contribution in [0.2, 0.25) is 0 Å². The molecule has 0 aromatic carbocycles. The molecule has 162 valence electrons. The Bertz CT molecular complexity index is 487. The van der Waals surface area contributed by atoms with Crippen molar-refractivity contribution in [2.24, 2.45) is 11.5 Å². The number of carbonyl (C=O) groups is 2. The minimum Gasteiger partial charge on any atom is -0.481 e. The van der Waals surface area contributed by atoms with E-state index in [4.69, 9.17) is 16.6 Å². The van der Waals surface area contributed by atoms with Gasteiger partial charge < -0.3 is 21.9 Å². The molecule has 28 heavy (non-hydrogen) atoms. The topological polar surface area (TPSA) is 118 Å². The Morgan fingerprint density at radius 2 is 1.50 bits per heavy atom. The zero-order chi connectivity index (χ0) is 21.0. The van der Waals surface area contributed by atoms with Gasteiger partial charge in [0.25, 0.3) is 0 Å². The lowest BCUT2D eigenvalue weighted by molar-refractivity contribution is -0.137. The number of carbonyl (C=O) groups excluding carboxylic acids is 1. The molecule has 0 fully saturated rings. The van der Waals surface area contributed by atoms with Crippen LogP contribution in [0.15, 0.2) is 23.5 Å². The number of unbranched alkanes of at least 4 members (excludes halogenated alkanes) is 7. The summed E-state index contributed by atoms with van der Waals surface area (Å²) in [6, 6.07) is 0. The third-order valence-corrected chi connectivity index (χ3v) is 4.57. The molecule has 0 saturated heterocycles. The van der Waals surface area contributed by atoms with E-state index in [-0.39, 0.29) is 12.3 Å². The minimum atomic E-state index is -0.827. The van der Waals surface area contributed by atoms with E-state index in [0.717, 1.165) is 62.8 Å². The molecule has 0 aliphatic carbocycles.